The Labute approximate surface area is 94.4 Å². The monoisotopic (exact) mass is 218 g/mol. The molecule has 0 N–H and O–H groups in total. The number of carbonyl (C=O) groups excluding carboxylic acids is 1. The molecule has 0 spiro atoms. The molecular weight excluding hydrogens is 204 g/mol. The van der Waals surface area contributed by atoms with E-state index in [4.69, 9.17) is 9.47 Å². The fourth-order valence-electron chi connectivity index (χ4n) is 2.40. The van der Waals surface area contributed by atoms with Crippen LogP contribution in [-0.4, -0.2) is 19.7 Å². The number of esters is 1. The van der Waals surface area contributed by atoms with E-state index in [0.29, 0.717) is 0 Å². The minimum atomic E-state index is -0.379. The standard InChI is InChI=1S/C13H14O3/c1-15-12(14)13(5-6-13)10-3-2-9-4-7-16-11(9)8-10/h2-3,8H,4-7H2,1H3. The van der Waals surface area contributed by atoms with Crippen molar-refractivity contribution in [2.75, 3.05) is 13.7 Å². The first-order chi connectivity index (χ1) is 7.76. The first kappa shape index (κ1) is 9.70. The Morgan fingerprint density at radius 3 is 2.94 bits per heavy atom. The van der Waals surface area contributed by atoms with Gasteiger partial charge in [-0.25, -0.2) is 0 Å². The van der Waals surface area contributed by atoms with Crippen molar-refractivity contribution in [1.82, 2.24) is 0 Å². The highest BCUT2D eigenvalue weighted by molar-refractivity contribution is 5.86. The van der Waals surface area contributed by atoms with E-state index in [1.807, 2.05) is 12.1 Å². The van der Waals surface area contributed by atoms with Gasteiger partial charge in [-0.1, -0.05) is 12.1 Å². The molecule has 0 radical (unpaired) electrons. The lowest BCUT2D eigenvalue weighted by Gasteiger charge is -2.13. The second-order valence-corrected chi connectivity index (χ2v) is 4.49. The summed E-state index contributed by atoms with van der Waals surface area (Å²) in [5.74, 6) is 0.818. The quantitative estimate of drug-likeness (QED) is 0.710. The molecule has 1 aromatic carbocycles. The molecule has 0 unspecified atom stereocenters. The smallest absolute Gasteiger partial charge is 0.316 e. The van der Waals surface area contributed by atoms with E-state index < -0.39 is 0 Å². The molecule has 1 aliphatic heterocycles. The number of benzene rings is 1. The summed E-state index contributed by atoms with van der Waals surface area (Å²) in [6.45, 7) is 0.754. The molecule has 1 saturated carbocycles. The average molecular weight is 218 g/mol. The Morgan fingerprint density at radius 1 is 1.44 bits per heavy atom. The van der Waals surface area contributed by atoms with Crippen LogP contribution in [-0.2, 0) is 21.4 Å². The predicted octanol–water partition coefficient (Wildman–Crippen LogP) is 1.83. The molecule has 1 aromatic rings. The maximum Gasteiger partial charge on any atom is 0.316 e. The van der Waals surface area contributed by atoms with Gasteiger partial charge in [0.15, 0.2) is 0 Å². The van der Waals surface area contributed by atoms with Crippen LogP contribution >= 0.6 is 0 Å². The Balaban J connectivity index is 1.99. The molecule has 1 heterocycles. The zero-order valence-corrected chi connectivity index (χ0v) is 9.29. The highest BCUT2D eigenvalue weighted by Gasteiger charge is 2.52. The van der Waals surface area contributed by atoms with E-state index in [1.165, 1.54) is 12.7 Å². The number of rotatable bonds is 2. The summed E-state index contributed by atoms with van der Waals surface area (Å²) >= 11 is 0. The molecule has 0 aromatic heterocycles. The van der Waals surface area contributed by atoms with Gasteiger partial charge in [-0.3, -0.25) is 4.79 Å². The van der Waals surface area contributed by atoms with Crippen molar-refractivity contribution in [3.8, 4) is 5.75 Å². The van der Waals surface area contributed by atoms with E-state index in [2.05, 4.69) is 6.07 Å². The molecule has 3 rings (SSSR count). The third-order valence-electron chi connectivity index (χ3n) is 3.57. The van der Waals surface area contributed by atoms with E-state index in [1.54, 1.807) is 0 Å². The molecule has 0 atom stereocenters. The largest absolute Gasteiger partial charge is 0.493 e. The van der Waals surface area contributed by atoms with Crippen LogP contribution in [0.15, 0.2) is 18.2 Å². The number of ether oxygens (including phenoxy) is 2. The Kier molecular flexibility index (Phi) is 1.96. The van der Waals surface area contributed by atoms with Gasteiger partial charge in [-0.05, 0) is 30.0 Å². The number of carbonyl (C=O) groups is 1. The molecule has 0 amide bonds. The van der Waals surface area contributed by atoms with Crippen LogP contribution in [0.4, 0.5) is 0 Å². The van der Waals surface area contributed by atoms with Crippen molar-refractivity contribution in [3.63, 3.8) is 0 Å². The first-order valence-corrected chi connectivity index (χ1v) is 5.61. The van der Waals surface area contributed by atoms with Crippen LogP contribution in [0.2, 0.25) is 0 Å². The minimum absolute atomic E-state index is 0.120. The lowest BCUT2D eigenvalue weighted by atomic mass is 9.94. The number of hydrogen-bond acceptors (Lipinski definition) is 3. The van der Waals surface area contributed by atoms with Gasteiger partial charge in [0.25, 0.3) is 0 Å². The lowest BCUT2D eigenvalue weighted by Crippen LogP contribution is -2.21. The van der Waals surface area contributed by atoms with Crippen LogP contribution in [0.5, 0.6) is 5.75 Å². The van der Waals surface area contributed by atoms with Gasteiger partial charge in [-0.15, -0.1) is 0 Å². The van der Waals surface area contributed by atoms with Gasteiger partial charge in [0.05, 0.1) is 19.1 Å². The highest BCUT2D eigenvalue weighted by Crippen LogP contribution is 2.50. The van der Waals surface area contributed by atoms with Crippen molar-refractivity contribution < 1.29 is 14.3 Å². The zero-order chi connectivity index (χ0) is 11.2. The SMILES string of the molecule is COC(=O)C1(c2ccc3c(c2)OCC3)CC1. The fourth-order valence-corrected chi connectivity index (χ4v) is 2.40. The molecule has 1 aliphatic carbocycles. The predicted molar refractivity (Wildman–Crippen MR) is 58.6 cm³/mol. The molecule has 2 aliphatic rings. The van der Waals surface area contributed by atoms with Gasteiger partial charge >= 0.3 is 5.97 Å². The van der Waals surface area contributed by atoms with E-state index in [9.17, 15) is 4.79 Å². The summed E-state index contributed by atoms with van der Waals surface area (Å²) in [6, 6.07) is 6.12. The number of fused-ring (bicyclic) bond motifs is 1. The zero-order valence-electron chi connectivity index (χ0n) is 9.29. The molecule has 3 nitrogen and oxygen atoms in total. The topological polar surface area (TPSA) is 35.5 Å². The second kappa shape index (κ2) is 3.24. The summed E-state index contributed by atoms with van der Waals surface area (Å²) < 4.78 is 10.4. The van der Waals surface area contributed by atoms with Gasteiger partial charge < -0.3 is 9.47 Å². The van der Waals surface area contributed by atoms with Crippen molar-refractivity contribution >= 4 is 5.97 Å². The Morgan fingerprint density at radius 2 is 2.25 bits per heavy atom. The van der Waals surface area contributed by atoms with Crippen molar-refractivity contribution in [3.05, 3.63) is 29.3 Å². The van der Waals surface area contributed by atoms with Gasteiger partial charge in [0.2, 0.25) is 0 Å². The maximum atomic E-state index is 11.7. The van der Waals surface area contributed by atoms with Crippen LogP contribution < -0.4 is 4.74 Å². The van der Waals surface area contributed by atoms with Crippen LogP contribution in [0.25, 0.3) is 0 Å². The molecule has 0 bridgehead atoms. The molecule has 84 valence electrons. The highest BCUT2D eigenvalue weighted by atomic mass is 16.5. The number of methoxy groups -OCH3 is 1. The fraction of sp³-hybridized carbons (Fsp3) is 0.462. The molecule has 3 heteroatoms. The summed E-state index contributed by atoms with van der Waals surface area (Å²) in [5.41, 5.74) is 1.90. The molecule has 0 saturated heterocycles. The van der Waals surface area contributed by atoms with Gasteiger partial charge in [-0.2, -0.15) is 0 Å². The normalized spacial score (nSPS) is 19.8. The van der Waals surface area contributed by atoms with Crippen LogP contribution in [0, 0.1) is 0 Å². The minimum Gasteiger partial charge on any atom is -0.493 e. The Bertz CT molecular complexity index is 446. The molecule has 16 heavy (non-hydrogen) atoms. The van der Waals surface area contributed by atoms with Crippen LogP contribution in [0.1, 0.15) is 24.0 Å². The summed E-state index contributed by atoms with van der Waals surface area (Å²) in [7, 11) is 1.45. The van der Waals surface area contributed by atoms with Gasteiger partial charge in [0.1, 0.15) is 5.75 Å². The average Bonchev–Trinajstić information content (AvgIpc) is 3.00. The summed E-state index contributed by atoms with van der Waals surface area (Å²) in [5, 5.41) is 0. The van der Waals surface area contributed by atoms with Crippen molar-refractivity contribution in [2.24, 2.45) is 0 Å². The van der Waals surface area contributed by atoms with E-state index in [0.717, 1.165) is 37.2 Å². The third-order valence-corrected chi connectivity index (χ3v) is 3.57. The summed E-state index contributed by atoms with van der Waals surface area (Å²) in [4.78, 5) is 11.7. The van der Waals surface area contributed by atoms with E-state index >= 15 is 0 Å². The third kappa shape index (κ3) is 1.24. The van der Waals surface area contributed by atoms with Gasteiger partial charge in [0, 0.05) is 6.42 Å². The van der Waals surface area contributed by atoms with E-state index in [-0.39, 0.29) is 11.4 Å². The Hall–Kier alpha value is -1.51. The summed E-state index contributed by atoms with van der Waals surface area (Å²) in [6.07, 6.45) is 2.75. The van der Waals surface area contributed by atoms with Crippen LogP contribution in [0.3, 0.4) is 0 Å². The maximum absolute atomic E-state index is 11.7. The first-order valence-electron chi connectivity index (χ1n) is 5.61. The molecule has 1 fully saturated rings. The van der Waals surface area contributed by atoms with Crippen molar-refractivity contribution in [1.29, 1.82) is 0 Å². The van der Waals surface area contributed by atoms with Crippen molar-refractivity contribution in [2.45, 2.75) is 24.7 Å². The second-order valence-electron chi connectivity index (χ2n) is 4.49. The number of hydrogen-bond donors (Lipinski definition) is 0. The molecular formula is C13H14O3. The lowest BCUT2D eigenvalue weighted by molar-refractivity contribution is -0.143.